The standard InChI is InChI=1S/C18H16N2O2/c1-20-12-16(17(19)11-18(20)21)13-7-9-15(10-8-13)22-14-5-3-2-4-6-14/h2-12H,19H2,1H3. The summed E-state index contributed by atoms with van der Waals surface area (Å²) in [5.74, 6) is 1.54. The van der Waals surface area contributed by atoms with Gasteiger partial charge in [0.1, 0.15) is 11.5 Å². The maximum atomic E-state index is 11.5. The Morgan fingerprint density at radius 1 is 0.955 bits per heavy atom. The lowest BCUT2D eigenvalue weighted by atomic mass is 10.1. The molecule has 0 unspecified atom stereocenters. The maximum absolute atomic E-state index is 11.5. The highest BCUT2D eigenvalue weighted by molar-refractivity contribution is 5.75. The first-order chi connectivity index (χ1) is 10.6. The molecule has 4 nitrogen and oxygen atoms in total. The molecule has 0 saturated carbocycles. The Kier molecular flexibility index (Phi) is 3.66. The van der Waals surface area contributed by atoms with E-state index >= 15 is 0 Å². The van der Waals surface area contributed by atoms with Gasteiger partial charge in [-0.2, -0.15) is 0 Å². The molecule has 1 heterocycles. The largest absolute Gasteiger partial charge is 0.457 e. The van der Waals surface area contributed by atoms with Gasteiger partial charge < -0.3 is 15.0 Å². The lowest BCUT2D eigenvalue weighted by Gasteiger charge is -2.09. The van der Waals surface area contributed by atoms with Crippen molar-refractivity contribution in [1.82, 2.24) is 4.57 Å². The molecule has 0 aliphatic carbocycles. The molecule has 22 heavy (non-hydrogen) atoms. The fourth-order valence-electron chi connectivity index (χ4n) is 2.21. The highest BCUT2D eigenvalue weighted by atomic mass is 16.5. The normalized spacial score (nSPS) is 10.4. The van der Waals surface area contributed by atoms with Crippen LogP contribution >= 0.6 is 0 Å². The van der Waals surface area contributed by atoms with Crippen molar-refractivity contribution >= 4 is 5.69 Å². The lowest BCUT2D eigenvalue weighted by Crippen LogP contribution is -2.16. The molecule has 0 aliphatic heterocycles. The number of benzene rings is 2. The van der Waals surface area contributed by atoms with E-state index in [1.165, 1.54) is 10.6 Å². The van der Waals surface area contributed by atoms with Gasteiger partial charge in [0.15, 0.2) is 0 Å². The van der Waals surface area contributed by atoms with E-state index < -0.39 is 0 Å². The van der Waals surface area contributed by atoms with Crippen LogP contribution in [-0.4, -0.2) is 4.57 Å². The van der Waals surface area contributed by atoms with Gasteiger partial charge in [-0.3, -0.25) is 4.79 Å². The number of hydrogen-bond donors (Lipinski definition) is 1. The minimum atomic E-state index is -0.120. The zero-order chi connectivity index (χ0) is 15.5. The van der Waals surface area contributed by atoms with E-state index in [2.05, 4.69) is 0 Å². The van der Waals surface area contributed by atoms with Gasteiger partial charge in [-0.1, -0.05) is 30.3 Å². The average Bonchev–Trinajstić information content (AvgIpc) is 2.53. The van der Waals surface area contributed by atoms with Crippen molar-refractivity contribution in [2.45, 2.75) is 0 Å². The van der Waals surface area contributed by atoms with Crippen LogP contribution in [0, 0.1) is 0 Å². The van der Waals surface area contributed by atoms with Crippen molar-refractivity contribution < 1.29 is 4.74 Å². The molecule has 0 aliphatic rings. The minimum absolute atomic E-state index is 0.120. The molecule has 2 aromatic carbocycles. The third-order valence-electron chi connectivity index (χ3n) is 3.40. The van der Waals surface area contributed by atoms with E-state index in [0.29, 0.717) is 5.69 Å². The number of rotatable bonds is 3. The number of aromatic nitrogens is 1. The third kappa shape index (κ3) is 2.86. The molecule has 0 fully saturated rings. The van der Waals surface area contributed by atoms with Gasteiger partial charge in [0.05, 0.1) is 0 Å². The van der Waals surface area contributed by atoms with Crippen LogP contribution in [0.2, 0.25) is 0 Å². The number of nitrogens with two attached hydrogens (primary N) is 1. The smallest absolute Gasteiger partial charge is 0.252 e. The van der Waals surface area contributed by atoms with Crippen LogP contribution < -0.4 is 16.0 Å². The Bertz CT molecular complexity index is 837. The van der Waals surface area contributed by atoms with Gasteiger partial charge >= 0.3 is 0 Å². The van der Waals surface area contributed by atoms with Crippen molar-refractivity contribution in [3.8, 4) is 22.6 Å². The molecular formula is C18H16N2O2. The summed E-state index contributed by atoms with van der Waals surface area (Å²) in [5.41, 5.74) is 8.06. The first-order valence-electron chi connectivity index (χ1n) is 6.93. The van der Waals surface area contributed by atoms with Crippen molar-refractivity contribution in [1.29, 1.82) is 0 Å². The number of nitrogen functional groups attached to an aromatic ring is 1. The summed E-state index contributed by atoms with van der Waals surface area (Å²) < 4.78 is 7.27. The second-order valence-corrected chi connectivity index (χ2v) is 5.03. The number of pyridine rings is 1. The molecule has 110 valence electrons. The number of anilines is 1. The van der Waals surface area contributed by atoms with Crippen LogP contribution in [0.1, 0.15) is 0 Å². The molecule has 3 aromatic rings. The van der Waals surface area contributed by atoms with E-state index in [1.807, 2.05) is 54.6 Å². The van der Waals surface area contributed by atoms with E-state index in [1.54, 1.807) is 13.2 Å². The fourth-order valence-corrected chi connectivity index (χ4v) is 2.21. The minimum Gasteiger partial charge on any atom is -0.457 e. The number of para-hydroxylation sites is 1. The van der Waals surface area contributed by atoms with Crippen LogP contribution in [0.15, 0.2) is 71.7 Å². The molecule has 0 atom stereocenters. The van der Waals surface area contributed by atoms with Crippen LogP contribution in [0.3, 0.4) is 0 Å². The van der Waals surface area contributed by atoms with Crippen molar-refractivity contribution in [2.24, 2.45) is 7.05 Å². The Labute approximate surface area is 128 Å². The molecule has 0 saturated heterocycles. The summed E-state index contributed by atoms with van der Waals surface area (Å²) in [6, 6.07) is 18.6. The first kappa shape index (κ1) is 13.9. The predicted octanol–water partition coefficient (Wildman–Crippen LogP) is 3.43. The molecule has 1 aromatic heterocycles. The highest BCUT2D eigenvalue weighted by Crippen LogP contribution is 2.28. The number of hydrogen-bond acceptors (Lipinski definition) is 3. The molecule has 2 N–H and O–H groups in total. The monoisotopic (exact) mass is 292 g/mol. The van der Waals surface area contributed by atoms with Crippen LogP contribution in [-0.2, 0) is 7.05 Å². The van der Waals surface area contributed by atoms with Gasteiger partial charge in [0, 0.05) is 30.6 Å². The first-order valence-corrected chi connectivity index (χ1v) is 6.93. The predicted molar refractivity (Wildman–Crippen MR) is 88.0 cm³/mol. The Morgan fingerprint density at radius 2 is 1.59 bits per heavy atom. The van der Waals surface area contributed by atoms with Crippen LogP contribution in [0.25, 0.3) is 11.1 Å². The zero-order valence-corrected chi connectivity index (χ0v) is 12.2. The van der Waals surface area contributed by atoms with Gasteiger partial charge in [-0.15, -0.1) is 0 Å². The van der Waals surface area contributed by atoms with Gasteiger partial charge in [0.25, 0.3) is 5.56 Å². The molecule has 0 bridgehead atoms. The molecule has 3 rings (SSSR count). The van der Waals surface area contributed by atoms with E-state index in [-0.39, 0.29) is 5.56 Å². The Morgan fingerprint density at radius 3 is 2.27 bits per heavy atom. The van der Waals surface area contributed by atoms with Gasteiger partial charge in [-0.25, -0.2) is 0 Å². The second kappa shape index (κ2) is 5.77. The summed E-state index contributed by atoms with van der Waals surface area (Å²) in [6.45, 7) is 0. The quantitative estimate of drug-likeness (QED) is 0.804. The second-order valence-electron chi connectivity index (χ2n) is 5.03. The third-order valence-corrected chi connectivity index (χ3v) is 3.40. The molecule has 0 radical (unpaired) electrons. The number of aryl methyl sites for hydroxylation is 1. The van der Waals surface area contributed by atoms with Crippen LogP contribution in [0.4, 0.5) is 5.69 Å². The highest BCUT2D eigenvalue weighted by Gasteiger charge is 2.06. The molecular weight excluding hydrogens is 276 g/mol. The van der Waals surface area contributed by atoms with Crippen molar-refractivity contribution in [3.63, 3.8) is 0 Å². The number of nitrogens with zero attached hydrogens (tertiary/aromatic N) is 1. The van der Waals surface area contributed by atoms with Crippen molar-refractivity contribution in [3.05, 3.63) is 77.2 Å². The van der Waals surface area contributed by atoms with Crippen LogP contribution in [0.5, 0.6) is 11.5 Å². The summed E-state index contributed by atoms with van der Waals surface area (Å²) in [7, 11) is 1.71. The number of ether oxygens (including phenoxy) is 1. The maximum Gasteiger partial charge on any atom is 0.252 e. The topological polar surface area (TPSA) is 57.2 Å². The molecule has 4 heteroatoms. The summed E-state index contributed by atoms with van der Waals surface area (Å²) in [4.78, 5) is 11.5. The fraction of sp³-hybridized carbons (Fsp3) is 0.0556. The molecule has 0 spiro atoms. The SMILES string of the molecule is Cn1cc(-c2ccc(Oc3ccccc3)cc2)c(N)cc1=O. The average molecular weight is 292 g/mol. The van der Waals surface area contributed by atoms with E-state index in [0.717, 1.165) is 22.6 Å². The van der Waals surface area contributed by atoms with Gasteiger partial charge in [0.2, 0.25) is 0 Å². The summed E-state index contributed by atoms with van der Waals surface area (Å²) in [6.07, 6.45) is 1.74. The summed E-state index contributed by atoms with van der Waals surface area (Å²) in [5, 5.41) is 0. The van der Waals surface area contributed by atoms with Crippen molar-refractivity contribution in [2.75, 3.05) is 5.73 Å². The molecule has 0 amide bonds. The lowest BCUT2D eigenvalue weighted by molar-refractivity contribution is 0.483. The Balaban J connectivity index is 1.89. The Hall–Kier alpha value is -3.01. The van der Waals surface area contributed by atoms with E-state index in [9.17, 15) is 4.79 Å². The van der Waals surface area contributed by atoms with E-state index in [4.69, 9.17) is 10.5 Å². The van der Waals surface area contributed by atoms with Gasteiger partial charge in [-0.05, 0) is 29.8 Å². The summed E-state index contributed by atoms with van der Waals surface area (Å²) >= 11 is 0. The zero-order valence-electron chi connectivity index (χ0n) is 12.2.